The van der Waals surface area contributed by atoms with E-state index in [1.165, 1.54) is 6.42 Å². The summed E-state index contributed by atoms with van der Waals surface area (Å²) in [6.45, 7) is 0.193. The highest BCUT2D eigenvalue weighted by Crippen LogP contribution is 2.29. The number of H-pyrrole nitrogens is 1. The zero-order chi connectivity index (χ0) is 23.3. The summed E-state index contributed by atoms with van der Waals surface area (Å²) >= 11 is 0. The molecule has 1 fully saturated rings. The minimum absolute atomic E-state index is 0.0494. The molecule has 1 saturated carbocycles. The Morgan fingerprint density at radius 2 is 1.71 bits per heavy atom. The number of aromatic amines is 1. The van der Waals surface area contributed by atoms with Crippen LogP contribution in [-0.2, 0) is 4.79 Å². The van der Waals surface area contributed by atoms with Crippen molar-refractivity contribution in [3.05, 3.63) is 78.6 Å². The van der Waals surface area contributed by atoms with E-state index in [0.717, 1.165) is 59.2 Å². The third-order valence-electron chi connectivity index (χ3n) is 6.47. The average Bonchev–Trinajstić information content (AvgIpc) is 3.32. The highest BCUT2D eigenvalue weighted by Gasteiger charge is 2.21. The van der Waals surface area contributed by atoms with Crippen molar-refractivity contribution in [2.45, 2.75) is 32.1 Å². The molecule has 3 N–H and O–H groups in total. The first-order chi connectivity index (χ1) is 16.7. The summed E-state index contributed by atoms with van der Waals surface area (Å²) in [6, 6.07) is 21.4. The zero-order valence-electron chi connectivity index (χ0n) is 19.0. The minimum Gasteiger partial charge on any atom is -0.378 e. The summed E-state index contributed by atoms with van der Waals surface area (Å²) in [4.78, 5) is 32.4. The van der Waals surface area contributed by atoms with Crippen LogP contribution in [0.2, 0.25) is 0 Å². The molecule has 0 saturated heterocycles. The van der Waals surface area contributed by atoms with Crippen molar-refractivity contribution < 1.29 is 9.59 Å². The number of Topliss-reactive ketones (excluding diaryl/α,β-unsaturated/α-hetero) is 1. The molecular weight excluding hydrogens is 424 g/mol. The van der Waals surface area contributed by atoms with E-state index in [4.69, 9.17) is 0 Å². The van der Waals surface area contributed by atoms with Crippen LogP contribution in [0.15, 0.2) is 72.9 Å². The lowest BCUT2D eigenvalue weighted by Gasteiger charge is -2.20. The fourth-order valence-electron chi connectivity index (χ4n) is 4.54. The largest absolute Gasteiger partial charge is 0.378 e. The Balaban J connectivity index is 1.24. The van der Waals surface area contributed by atoms with E-state index >= 15 is 0 Å². The second kappa shape index (κ2) is 9.91. The van der Waals surface area contributed by atoms with Crippen LogP contribution >= 0.6 is 0 Å². The number of rotatable bonds is 7. The minimum atomic E-state index is -0.0494. The van der Waals surface area contributed by atoms with Gasteiger partial charge in [-0.2, -0.15) is 0 Å². The number of aromatic nitrogens is 2. The molecule has 2 aromatic carbocycles. The van der Waals surface area contributed by atoms with Gasteiger partial charge in [-0.25, -0.2) is 0 Å². The van der Waals surface area contributed by atoms with Gasteiger partial charge in [0, 0.05) is 40.1 Å². The molecule has 1 aliphatic rings. The monoisotopic (exact) mass is 452 g/mol. The van der Waals surface area contributed by atoms with Crippen LogP contribution in [0.3, 0.4) is 0 Å². The van der Waals surface area contributed by atoms with Crippen LogP contribution in [0.4, 0.5) is 11.4 Å². The highest BCUT2D eigenvalue weighted by molar-refractivity contribution is 5.97. The van der Waals surface area contributed by atoms with Gasteiger partial charge in [-0.05, 0) is 60.9 Å². The number of hydrogen-bond donors (Lipinski definition) is 3. The molecule has 1 aliphatic carbocycles. The summed E-state index contributed by atoms with van der Waals surface area (Å²) in [5, 5.41) is 7.35. The van der Waals surface area contributed by atoms with Crippen molar-refractivity contribution in [3.63, 3.8) is 0 Å². The first kappa shape index (κ1) is 21.9. The van der Waals surface area contributed by atoms with Gasteiger partial charge in [0.15, 0.2) is 5.78 Å². The van der Waals surface area contributed by atoms with Gasteiger partial charge in [-0.1, -0.05) is 43.5 Å². The van der Waals surface area contributed by atoms with E-state index in [2.05, 4.69) is 26.7 Å². The van der Waals surface area contributed by atoms with Gasteiger partial charge in [0.25, 0.3) is 0 Å². The van der Waals surface area contributed by atoms with Gasteiger partial charge >= 0.3 is 0 Å². The Kier molecular flexibility index (Phi) is 6.38. The molecule has 0 atom stereocenters. The smallest absolute Gasteiger partial charge is 0.227 e. The van der Waals surface area contributed by atoms with Crippen molar-refractivity contribution in [1.82, 2.24) is 9.97 Å². The second-order valence-electron chi connectivity index (χ2n) is 8.88. The summed E-state index contributed by atoms with van der Waals surface area (Å²) < 4.78 is 0. The Morgan fingerprint density at radius 3 is 2.47 bits per heavy atom. The lowest BCUT2D eigenvalue weighted by molar-refractivity contribution is -0.120. The van der Waals surface area contributed by atoms with Gasteiger partial charge in [0.2, 0.25) is 5.91 Å². The van der Waals surface area contributed by atoms with Gasteiger partial charge in [0.1, 0.15) is 5.69 Å². The first-order valence-corrected chi connectivity index (χ1v) is 11.9. The van der Waals surface area contributed by atoms with E-state index in [-0.39, 0.29) is 24.2 Å². The topological polar surface area (TPSA) is 86.9 Å². The Bertz CT molecular complexity index is 1290. The molecule has 0 unspecified atom stereocenters. The van der Waals surface area contributed by atoms with E-state index < -0.39 is 0 Å². The second-order valence-corrected chi connectivity index (χ2v) is 8.88. The molecular formula is C28H28N4O2. The van der Waals surface area contributed by atoms with Crippen molar-refractivity contribution in [2.75, 3.05) is 17.2 Å². The van der Waals surface area contributed by atoms with Crippen molar-refractivity contribution in [1.29, 1.82) is 0 Å². The van der Waals surface area contributed by atoms with E-state index in [0.29, 0.717) is 5.69 Å². The normalized spacial score (nSPS) is 14.1. The number of amides is 1. The molecule has 0 radical (unpaired) electrons. The molecule has 0 bridgehead atoms. The maximum Gasteiger partial charge on any atom is 0.227 e. The third-order valence-corrected chi connectivity index (χ3v) is 6.47. The number of carbonyl (C=O) groups excluding carboxylic acids is 2. The number of nitrogens with one attached hydrogen (secondary N) is 3. The van der Waals surface area contributed by atoms with Gasteiger partial charge < -0.3 is 15.6 Å². The lowest BCUT2D eigenvalue weighted by Crippen LogP contribution is -2.24. The number of carbonyl (C=O) groups is 2. The number of fused-ring (bicyclic) bond motifs is 1. The number of hydrogen-bond acceptors (Lipinski definition) is 4. The van der Waals surface area contributed by atoms with Crippen molar-refractivity contribution in [2.24, 2.45) is 5.92 Å². The molecule has 5 rings (SSSR count). The summed E-state index contributed by atoms with van der Waals surface area (Å²) in [6.07, 6.45) is 7.13. The third kappa shape index (κ3) is 5.01. The van der Waals surface area contributed by atoms with Gasteiger partial charge in [-0.3, -0.25) is 14.6 Å². The molecule has 4 aromatic rings. The Morgan fingerprint density at radius 1 is 0.912 bits per heavy atom. The van der Waals surface area contributed by atoms with Crippen LogP contribution in [0.25, 0.3) is 22.2 Å². The van der Waals surface area contributed by atoms with E-state index in [1.54, 1.807) is 18.3 Å². The maximum absolute atomic E-state index is 12.6. The summed E-state index contributed by atoms with van der Waals surface area (Å²) in [5.41, 5.74) is 5.19. The zero-order valence-corrected chi connectivity index (χ0v) is 19.0. The SMILES string of the molecule is O=C(CNc1ccc(-c2cc3ccc(NC(=O)C4CCCCC4)cc3[nH]2)cc1)c1ccccn1. The van der Waals surface area contributed by atoms with E-state index in [9.17, 15) is 9.59 Å². The number of benzene rings is 2. The molecule has 0 aliphatic heterocycles. The summed E-state index contributed by atoms with van der Waals surface area (Å²) in [5.74, 6) is 0.220. The fourth-order valence-corrected chi connectivity index (χ4v) is 4.54. The van der Waals surface area contributed by atoms with Gasteiger partial charge in [-0.15, -0.1) is 0 Å². The molecule has 6 nitrogen and oxygen atoms in total. The van der Waals surface area contributed by atoms with Crippen molar-refractivity contribution in [3.8, 4) is 11.3 Å². The van der Waals surface area contributed by atoms with Crippen molar-refractivity contribution >= 4 is 34.0 Å². The highest BCUT2D eigenvalue weighted by atomic mass is 16.2. The van der Waals surface area contributed by atoms with Crippen LogP contribution in [0, 0.1) is 5.92 Å². The number of pyridine rings is 1. The summed E-state index contributed by atoms with van der Waals surface area (Å²) in [7, 11) is 0. The van der Waals surface area contributed by atoms with Crippen LogP contribution < -0.4 is 10.6 Å². The number of ketones is 1. The molecule has 1 amide bonds. The van der Waals surface area contributed by atoms with Crippen LogP contribution in [0.1, 0.15) is 42.6 Å². The Hall–Kier alpha value is -3.93. The molecule has 0 spiro atoms. The first-order valence-electron chi connectivity index (χ1n) is 11.9. The standard InChI is InChI=1S/C28H28N4O2/c33-27(24-8-4-5-15-29-24)18-30-22-12-9-19(10-13-22)25-16-21-11-14-23(17-26(21)32-25)31-28(34)20-6-2-1-3-7-20/h4-5,8-17,20,30,32H,1-3,6-7,18H2,(H,31,34). The quantitative estimate of drug-likeness (QED) is 0.298. The number of nitrogens with zero attached hydrogens (tertiary/aromatic N) is 1. The molecule has 34 heavy (non-hydrogen) atoms. The molecule has 2 aromatic heterocycles. The molecule has 6 heteroatoms. The Labute approximate surface area is 198 Å². The van der Waals surface area contributed by atoms with E-state index in [1.807, 2.05) is 48.5 Å². The number of anilines is 2. The van der Waals surface area contributed by atoms with Crippen LogP contribution in [-0.4, -0.2) is 28.2 Å². The predicted octanol–water partition coefficient (Wildman–Crippen LogP) is 6.04. The molecule has 172 valence electrons. The molecule has 2 heterocycles. The van der Waals surface area contributed by atoms with Gasteiger partial charge in [0.05, 0.1) is 6.54 Å². The fraction of sp³-hybridized carbons (Fsp3) is 0.250. The van der Waals surface area contributed by atoms with Crippen LogP contribution in [0.5, 0.6) is 0 Å². The lowest BCUT2D eigenvalue weighted by atomic mass is 9.88. The average molecular weight is 453 g/mol. The predicted molar refractivity (Wildman–Crippen MR) is 136 cm³/mol. The maximum atomic E-state index is 12.6.